The van der Waals surface area contributed by atoms with Crippen molar-refractivity contribution in [3.63, 3.8) is 0 Å². The van der Waals surface area contributed by atoms with E-state index in [0.29, 0.717) is 38.4 Å². The standard InChI is InChI=1S/C8H21NO5SSi.Li/c1-16(13,14)8-4-6-9-5-2-3-7-15(10,11)12;/h9,13-14H,2-8H2,1H3,(H,10,11,12);/q;+1/p-1. The summed E-state index contributed by atoms with van der Waals surface area (Å²) in [5.74, 6) is -0.313. The Bertz CT molecular complexity index is 280. The third kappa shape index (κ3) is 19.1. The first-order valence-corrected chi connectivity index (χ1v) is 9.48. The molecule has 0 atom stereocenters. The third-order valence-electron chi connectivity index (χ3n) is 2.00. The van der Waals surface area contributed by atoms with Gasteiger partial charge >= 0.3 is 27.4 Å². The molecule has 17 heavy (non-hydrogen) atoms. The SMILES string of the molecule is C[Si](O)(O)CCCNCCCCS(=O)(=O)[O-].[Li+]. The third-order valence-corrected chi connectivity index (χ3v) is 4.09. The van der Waals surface area contributed by atoms with Gasteiger partial charge in [-0.1, -0.05) is 0 Å². The van der Waals surface area contributed by atoms with E-state index in [0.717, 1.165) is 0 Å². The van der Waals surface area contributed by atoms with E-state index in [1.165, 1.54) is 6.55 Å². The van der Waals surface area contributed by atoms with Crippen LogP contribution in [0.25, 0.3) is 0 Å². The molecule has 0 aliphatic carbocycles. The molecule has 0 radical (unpaired) electrons. The van der Waals surface area contributed by atoms with Crippen molar-refractivity contribution in [1.82, 2.24) is 5.32 Å². The van der Waals surface area contributed by atoms with Crippen molar-refractivity contribution in [3.05, 3.63) is 0 Å². The van der Waals surface area contributed by atoms with E-state index in [-0.39, 0.29) is 24.6 Å². The largest absolute Gasteiger partial charge is 1.00 e. The number of hydrogen-bond donors (Lipinski definition) is 3. The van der Waals surface area contributed by atoms with E-state index in [2.05, 4.69) is 5.32 Å². The maximum atomic E-state index is 10.2. The van der Waals surface area contributed by atoms with Gasteiger partial charge in [0.1, 0.15) is 0 Å². The zero-order valence-corrected chi connectivity index (χ0v) is 12.3. The van der Waals surface area contributed by atoms with Crippen LogP contribution in [0.3, 0.4) is 0 Å². The maximum Gasteiger partial charge on any atom is 1.00 e. The molecule has 0 unspecified atom stereocenters. The molecule has 0 fully saturated rings. The van der Waals surface area contributed by atoms with Gasteiger partial charge in [-0.2, -0.15) is 0 Å². The van der Waals surface area contributed by atoms with Crippen LogP contribution in [0.4, 0.5) is 0 Å². The van der Waals surface area contributed by atoms with Gasteiger partial charge in [0.05, 0.1) is 10.1 Å². The second kappa shape index (κ2) is 9.52. The van der Waals surface area contributed by atoms with Crippen LogP contribution in [0.15, 0.2) is 0 Å². The predicted molar refractivity (Wildman–Crippen MR) is 62.1 cm³/mol. The quantitative estimate of drug-likeness (QED) is 0.228. The Morgan fingerprint density at radius 3 is 2.18 bits per heavy atom. The van der Waals surface area contributed by atoms with Crippen LogP contribution in [0.2, 0.25) is 12.6 Å². The summed E-state index contributed by atoms with van der Waals surface area (Å²) in [7, 11) is -7.00. The molecule has 0 heterocycles. The van der Waals surface area contributed by atoms with Gasteiger partial charge in [-0.25, -0.2) is 8.42 Å². The smallest absolute Gasteiger partial charge is 0.748 e. The molecule has 0 amide bonds. The number of hydrogen-bond acceptors (Lipinski definition) is 6. The zero-order valence-electron chi connectivity index (χ0n) is 10.5. The van der Waals surface area contributed by atoms with Crippen LogP contribution < -0.4 is 24.2 Å². The van der Waals surface area contributed by atoms with E-state index in [9.17, 15) is 13.0 Å². The Hall–Kier alpha value is 0.604. The fourth-order valence-corrected chi connectivity index (χ4v) is 2.61. The van der Waals surface area contributed by atoms with Gasteiger partial charge in [-0.15, -0.1) is 0 Å². The van der Waals surface area contributed by atoms with Crippen molar-refractivity contribution in [2.24, 2.45) is 0 Å². The summed E-state index contributed by atoms with van der Waals surface area (Å²) >= 11 is 0. The van der Waals surface area contributed by atoms with Crippen molar-refractivity contribution in [2.75, 3.05) is 18.8 Å². The fourth-order valence-electron chi connectivity index (χ4n) is 1.20. The molecular formula is C8H20LiNO5SSi. The average Bonchev–Trinajstić information content (AvgIpc) is 2.06. The van der Waals surface area contributed by atoms with Gasteiger partial charge in [-0.05, 0) is 44.9 Å². The Morgan fingerprint density at radius 1 is 1.18 bits per heavy atom. The summed E-state index contributed by atoms with van der Waals surface area (Å²) in [6.45, 7) is 2.78. The molecule has 0 saturated carbocycles. The van der Waals surface area contributed by atoms with Crippen LogP contribution in [0.1, 0.15) is 19.3 Å². The summed E-state index contributed by atoms with van der Waals surface area (Å²) < 4.78 is 30.7. The van der Waals surface area contributed by atoms with Gasteiger partial charge in [0.25, 0.3) is 0 Å². The van der Waals surface area contributed by atoms with Crippen molar-refractivity contribution in [3.8, 4) is 0 Å². The monoisotopic (exact) mass is 277 g/mol. The second-order valence-electron chi connectivity index (χ2n) is 4.04. The van der Waals surface area contributed by atoms with E-state index < -0.39 is 18.7 Å². The average molecular weight is 277 g/mol. The molecule has 0 aliphatic rings. The van der Waals surface area contributed by atoms with Crippen LogP contribution in [-0.4, -0.2) is 50.0 Å². The maximum absolute atomic E-state index is 10.2. The molecule has 3 N–H and O–H groups in total. The summed E-state index contributed by atoms with van der Waals surface area (Å²) in [4.78, 5) is 18.2. The van der Waals surface area contributed by atoms with Gasteiger partial charge < -0.3 is 19.5 Å². The zero-order chi connectivity index (χ0) is 12.7. The predicted octanol–water partition coefficient (Wildman–Crippen LogP) is -3.65. The minimum absolute atomic E-state index is 0. The summed E-state index contributed by atoms with van der Waals surface area (Å²) in [6, 6.07) is 0.426. The van der Waals surface area contributed by atoms with Gasteiger partial charge in [0, 0.05) is 5.75 Å². The van der Waals surface area contributed by atoms with E-state index in [1.54, 1.807) is 0 Å². The molecule has 9 heteroatoms. The normalized spacial score (nSPS) is 12.2. The van der Waals surface area contributed by atoms with Crippen LogP contribution in [0, 0.1) is 0 Å². The molecule has 0 aromatic heterocycles. The Morgan fingerprint density at radius 2 is 1.71 bits per heavy atom. The van der Waals surface area contributed by atoms with Gasteiger partial charge in [-0.3, -0.25) is 0 Å². The summed E-state index contributed by atoms with van der Waals surface area (Å²) in [5, 5.41) is 3.05. The summed E-state index contributed by atoms with van der Waals surface area (Å²) in [5.41, 5.74) is 0. The van der Waals surface area contributed by atoms with Crippen LogP contribution >= 0.6 is 0 Å². The van der Waals surface area contributed by atoms with E-state index in [1.807, 2.05) is 0 Å². The van der Waals surface area contributed by atoms with Crippen molar-refractivity contribution < 1.29 is 41.4 Å². The molecule has 0 saturated heterocycles. The molecule has 0 aromatic rings. The number of rotatable bonds is 9. The second-order valence-corrected chi connectivity index (χ2v) is 8.50. The van der Waals surface area contributed by atoms with Crippen LogP contribution in [-0.2, 0) is 10.1 Å². The number of nitrogens with one attached hydrogen (secondary N) is 1. The summed E-state index contributed by atoms with van der Waals surface area (Å²) in [6.07, 6.45) is 1.69. The van der Waals surface area contributed by atoms with Crippen molar-refractivity contribution >= 4 is 18.7 Å². The van der Waals surface area contributed by atoms with Crippen LogP contribution in [0.5, 0.6) is 0 Å². The Balaban J connectivity index is 0. The first kappa shape index (κ1) is 19.9. The minimum Gasteiger partial charge on any atom is -0.748 e. The molecule has 0 bridgehead atoms. The Kier molecular flexibility index (Phi) is 11.2. The molecule has 0 aliphatic heterocycles. The molecular weight excluding hydrogens is 257 g/mol. The fraction of sp³-hybridized carbons (Fsp3) is 1.00. The number of unbranched alkanes of at least 4 members (excludes halogenated alkanes) is 1. The Labute approximate surface area is 116 Å². The van der Waals surface area contributed by atoms with Gasteiger partial charge in [0.15, 0.2) is 0 Å². The van der Waals surface area contributed by atoms with Gasteiger partial charge in [0.2, 0.25) is 0 Å². The molecule has 0 rings (SSSR count). The van der Waals surface area contributed by atoms with Crippen molar-refractivity contribution in [1.29, 1.82) is 0 Å². The minimum atomic E-state index is -4.08. The molecule has 0 spiro atoms. The topological polar surface area (TPSA) is 110 Å². The van der Waals surface area contributed by atoms with E-state index >= 15 is 0 Å². The van der Waals surface area contributed by atoms with E-state index in [4.69, 9.17) is 9.59 Å². The molecule has 98 valence electrons. The molecule has 6 nitrogen and oxygen atoms in total. The first-order chi connectivity index (χ1) is 7.21. The van der Waals surface area contributed by atoms with Crippen molar-refractivity contribution in [2.45, 2.75) is 31.9 Å². The molecule has 0 aromatic carbocycles. The first-order valence-electron chi connectivity index (χ1n) is 5.30.